The fraction of sp³-hybridized carbons (Fsp3) is 0.500. The van der Waals surface area contributed by atoms with Crippen molar-refractivity contribution < 1.29 is 18.0 Å². The highest BCUT2D eigenvalue weighted by Gasteiger charge is 2.28. The highest BCUT2D eigenvalue weighted by Crippen LogP contribution is 2.20. The molecule has 1 aliphatic rings. The molecule has 1 aromatic rings. The molecule has 0 aromatic heterocycles. The molecule has 1 saturated heterocycles. The molecule has 0 atom stereocenters. The van der Waals surface area contributed by atoms with Crippen LogP contribution >= 0.6 is 15.9 Å². The molecule has 0 radical (unpaired) electrons. The van der Waals surface area contributed by atoms with Gasteiger partial charge in [0, 0.05) is 29.2 Å². The number of piperidine rings is 1. The van der Waals surface area contributed by atoms with E-state index in [1.54, 1.807) is 6.07 Å². The number of anilines is 1. The van der Waals surface area contributed by atoms with E-state index in [0.717, 1.165) is 10.0 Å². The highest BCUT2D eigenvalue weighted by atomic mass is 79.9. The number of carbonyl (C=O) groups excluding carboxylic acids is 2. The van der Waals surface area contributed by atoms with Gasteiger partial charge in [0.15, 0.2) is 0 Å². The summed E-state index contributed by atoms with van der Waals surface area (Å²) in [5.41, 5.74) is 1.67. The molecular formula is C16H22BrN3O4S. The first-order valence-corrected chi connectivity index (χ1v) is 10.6. The van der Waals surface area contributed by atoms with Crippen LogP contribution < -0.4 is 10.6 Å². The number of aryl methyl sites for hydroxylation is 1. The van der Waals surface area contributed by atoms with Gasteiger partial charge in [0.05, 0.1) is 12.8 Å². The molecular weight excluding hydrogens is 410 g/mol. The first-order chi connectivity index (χ1) is 11.7. The Balaban J connectivity index is 1.78. The summed E-state index contributed by atoms with van der Waals surface area (Å²) in [5.74, 6) is -0.778. The lowest BCUT2D eigenvalue weighted by Gasteiger charge is -2.29. The smallest absolute Gasteiger partial charge is 0.243 e. The predicted molar refractivity (Wildman–Crippen MR) is 99.7 cm³/mol. The molecule has 7 nitrogen and oxygen atoms in total. The molecule has 0 spiro atoms. The Morgan fingerprint density at radius 1 is 1.28 bits per heavy atom. The summed E-state index contributed by atoms with van der Waals surface area (Å²) in [6.07, 6.45) is 2.10. The van der Waals surface area contributed by atoms with E-state index in [-0.39, 0.29) is 24.3 Å². The number of hydrogen-bond donors (Lipinski definition) is 2. The summed E-state index contributed by atoms with van der Waals surface area (Å²) >= 11 is 3.40. The zero-order valence-corrected chi connectivity index (χ0v) is 16.6. The molecule has 2 amide bonds. The maximum atomic E-state index is 12.1. The molecule has 1 aromatic carbocycles. The average Bonchev–Trinajstić information content (AvgIpc) is 2.55. The molecule has 1 aliphatic heterocycles. The number of rotatable bonds is 5. The summed E-state index contributed by atoms with van der Waals surface area (Å²) in [4.78, 5) is 24.1. The second-order valence-corrected chi connectivity index (χ2v) is 9.00. The largest absolute Gasteiger partial charge is 0.347 e. The number of carbonyl (C=O) groups is 2. The minimum atomic E-state index is -3.21. The van der Waals surface area contributed by atoms with Gasteiger partial charge in [-0.15, -0.1) is 0 Å². The topological polar surface area (TPSA) is 95.6 Å². The quantitative estimate of drug-likeness (QED) is 0.737. The Hall–Kier alpha value is -1.45. The van der Waals surface area contributed by atoms with Crippen LogP contribution in [-0.4, -0.2) is 50.4 Å². The Morgan fingerprint density at radius 3 is 2.48 bits per heavy atom. The molecule has 2 rings (SSSR count). The summed E-state index contributed by atoms with van der Waals surface area (Å²) in [5, 5.41) is 5.36. The molecule has 138 valence electrons. The molecule has 1 heterocycles. The van der Waals surface area contributed by atoms with E-state index in [9.17, 15) is 18.0 Å². The SMILES string of the molecule is Cc1cc(NC(=O)CNC(=O)C2CCN(S(C)(=O)=O)CC2)ccc1Br. The first-order valence-electron chi connectivity index (χ1n) is 7.95. The first kappa shape index (κ1) is 19.9. The molecule has 2 N–H and O–H groups in total. The van der Waals surface area contributed by atoms with E-state index in [0.29, 0.717) is 31.6 Å². The van der Waals surface area contributed by atoms with Gasteiger partial charge in [-0.1, -0.05) is 15.9 Å². The van der Waals surface area contributed by atoms with Crippen LogP contribution in [0.5, 0.6) is 0 Å². The predicted octanol–water partition coefficient (Wildman–Crippen LogP) is 1.48. The van der Waals surface area contributed by atoms with Crippen LogP contribution in [0.25, 0.3) is 0 Å². The van der Waals surface area contributed by atoms with Crippen molar-refractivity contribution in [3.8, 4) is 0 Å². The van der Waals surface area contributed by atoms with Gasteiger partial charge in [-0.05, 0) is 43.5 Å². The van der Waals surface area contributed by atoms with Crippen molar-refractivity contribution in [2.45, 2.75) is 19.8 Å². The molecule has 0 aliphatic carbocycles. The maximum Gasteiger partial charge on any atom is 0.243 e. The van der Waals surface area contributed by atoms with Crippen LogP contribution in [0.2, 0.25) is 0 Å². The number of nitrogens with zero attached hydrogens (tertiary/aromatic N) is 1. The van der Waals surface area contributed by atoms with Crippen molar-refractivity contribution in [1.82, 2.24) is 9.62 Å². The Labute approximate surface area is 156 Å². The van der Waals surface area contributed by atoms with Gasteiger partial charge in [0.25, 0.3) is 0 Å². The van der Waals surface area contributed by atoms with Gasteiger partial charge in [-0.2, -0.15) is 0 Å². The van der Waals surface area contributed by atoms with E-state index in [1.807, 2.05) is 19.1 Å². The fourth-order valence-electron chi connectivity index (χ4n) is 2.69. The van der Waals surface area contributed by atoms with Gasteiger partial charge in [0.1, 0.15) is 0 Å². The number of amides is 2. The van der Waals surface area contributed by atoms with Crippen LogP contribution in [0, 0.1) is 12.8 Å². The normalized spacial score (nSPS) is 16.4. The number of benzene rings is 1. The van der Waals surface area contributed by atoms with Gasteiger partial charge >= 0.3 is 0 Å². The Morgan fingerprint density at radius 2 is 1.92 bits per heavy atom. The average molecular weight is 432 g/mol. The van der Waals surface area contributed by atoms with Gasteiger partial charge < -0.3 is 10.6 Å². The summed E-state index contributed by atoms with van der Waals surface area (Å²) in [6, 6.07) is 5.46. The Kier molecular flexibility index (Phi) is 6.59. The van der Waals surface area contributed by atoms with E-state index in [4.69, 9.17) is 0 Å². The third-order valence-electron chi connectivity index (χ3n) is 4.16. The zero-order valence-electron chi connectivity index (χ0n) is 14.2. The number of nitrogens with one attached hydrogen (secondary N) is 2. The second-order valence-electron chi connectivity index (χ2n) is 6.17. The molecule has 25 heavy (non-hydrogen) atoms. The lowest BCUT2D eigenvalue weighted by atomic mass is 9.97. The van der Waals surface area contributed by atoms with Crippen molar-refractivity contribution in [3.63, 3.8) is 0 Å². The van der Waals surface area contributed by atoms with Gasteiger partial charge in [-0.3, -0.25) is 9.59 Å². The van der Waals surface area contributed by atoms with Crippen LogP contribution in [-0.2, 0) is 19.6 Å². The van der Waals surface area contributed by atoms with Gasteiger partial charge in [-0.25, -0.2) is 12.7 Å². The lowest BCUT2D eigenvalue weighted by molar-refractivity contribution is -0.128. The van der Waals surface area contributed by atoms with Crippen LogP contribution in [0.1, 0.15) is 18.4 Å². The van der Waals surface area contributed by atoms with Crippen molar-refractivity contribution >= 4 is 43.5 Å². The molecule has 0 bridgehead atoms. The molecule has 9 heteroatoms. The maximum absolute atomic E-state index is 12.1. The summed E-state index contributed by atoms with van der Waals surface area (Å²) in [6.45, 7) is 2.48. The minimum Gasteiger partial charge on any atom is -0.347 e. The number of hydrogen-bond acceptors (Lipinski definition) is 4. The number of sulfonamides is 1. The minimum absolute atomic E-state index is 0.111. The van der Waals surface area contributed by atoms with E-state index in [2.05, 4.69) is 26.6 Å². The fourth-order valence-corrected chi connectivity index (χ4v) is 3.81. The van der Waals surface area contributed by atoms with Crippen LogP contribution in [0.3, 0.4) is 0 Å². The zero-order chi connectivity index (χ0) is 18.6. The highest BCUT2D eigenvalue weighted by molar-refractivity contribution is 9.10. The van der Waals surface area contributed by atoms with Crippen molar-refractivity contribution in [2.75, 3.05) is 31.2 Å². The second kappa shape index (κ2) is 8.29. The van der Waals surface area contributed by atoms with Crippen LogP contribution in [0.4, 0.5) is 5.69 Å². The number of halogens is 1. The van der Waals surface area contributed by atoms with E-state index in [1.165, 1.54) is 10.6 Å². The molecule has 1 fully saturated rings. The van der Waals surface area contributed by atoms with Crippen molar-refractivity contribution in [2.24, 2.45) is 5.92 Å². The molecule has 0 saturated carbocycles. The Bertz CT molecular complexity index is 759. The standard InChI is InChI=1S/C16H22BrN3O4S/c1-11-9-13(3-4-14(11)17)19-15(21)10-18-16(22)12-5-7-20(8-6-12)25(2,23)24/h3-4,9,12H,5-8,10H2,1-2H3,(H,18,22)(H,19,21). The van der Waals surface area contributed by atoms with Crippen molar-refractivity contribution in [1.29, 1.82) is 0 Å². The molecule has 0 unspecified atom stereocenters. The van der Waals surface area contributed by atoms with Crippen LogP contribution in [0.15, 0.2) is 22.7 Å². The van der Waals surface area contributed by atoms with Gasteiger partial charge in [0.2, 0.25) is 21.8 Å². The third kappa shape index (κ3) is 5.79. The van der Waals surface area contributed by atoms with Crippen molar-refractivity contribution in [3.05, 3.63) is 28.2 Å². The van der Waals surface area contributed by atoms with E-state index >= 15 is 0 Å². The summed E-state index contributed by atoms with van der Waals surface area (Å²) < 4.78 is 25.3. The lowest BCUT2D eigenvalue weighted by Crippen LogP contribution is -2.44. The third-order valence-corrected chi connectivity index (χ3v) is 6.35. The monoisotopic (exact) mass is 431 g/mol. The summed E-state index contributed by atoms with van der Waals surface area (Å²) in [7, 11) is -3.21. The van der Waals surface area contributed by atoms with E-state index < -0.39 is 10.0 Å².